The maximum Gasteiger partial charge on any atom is 0.303 e. The average molecular weight is 590 g/mol. The van der Waals surface area contributed by atoms with E-state index >= 15 is 0 Å². The number of hydrogen-bond donors (Lipinski definition) is 2. The smallest absolute Gasteiger partial charge is 0.303 e. The Hall–Kier alpha value is -4.05. The number of aliphatic carboxylic acids is 1. The van der Waals surface area contributed by atoms with Crippen molar-refractivity contribution in [2.45, 2.75) is 18.8 Å². The van der Waals surface area contributed by atoms with E-state index in [-0.39, 0.29) is 18.2 Å². The normalized spacial score (nSPS) is 14.7. The molecule has 0 fully saturated rings. The largest absolute Gasteiger partial charge is 0.481 e. The first kappa shape index (κ1) is 30.9. The van der Waals surface area contributed by atoms with Crippen molar-refractivity contribution in [3.8, 4) is 0 Å². The summed E-state index contributed by atoms with van der Waals surface area (Å²) in [5.41, 5.74) is 4.84. The summed E-state index contributed by atoms with van der Waals surface area (Å²) in [6.07, 6.45) is 0.360. The number of halogens is 1. The SMILES string of the molecule is CN(C)CCN(C)CC(=O)N(C)c1ccc(N=C(c2cccc(CCC(=O)O)c2)C2C(=O)Nc3cc(Cl)ccc32)cc1. The van der Waals surface area contributed by atoms with Crippen LogP contribution >= 0.6 is 11.6 Å². The topological polar surface area (TPSA) is 106 Å². The van der Waals surface area contributed by atoms with Gasteiger partial charge in [-0.15, -0.1) is 0 Å². The number of aryl methyl sites for hydroxylation is 1. The van der Waals surface area contributed by atoms with E-state index in [4.69, 9.17) is 21.7 Å². The lowest BCUT2D eigenvalue weighted by atomic mass is 9.89. The molecule has 1 atom stereocenters. The number of carbonyl (C=O) groups is 3. The van der Waals surface area contributed by atoms with Gasteiger partial charge in [0, 0.05) is 43.0 Å². The van der Waals surface area contributed by atoms with Gasteiger partial charge in [0.05, 0.1) is 17.9 Å². The molecule has 2 amide bonds. The summed E-state index contributed by atoms with van der Waals surface area (Å²) in [6.45, 7) is 1.94. The van der Waals surface area contributed by atoms with Crippen LogP contribution in [0.15, 0.2) is 71.7 Å². The first-order chi connectivity index (χ1) is 20.0. The van der Waals surface area contributed by atoms with Gasteiger partial charge < -0.3 is 20.2 Å². The van der Waals surface area contributed by atoms with E-state index in [1.54, 1.807) is 24.1 Å². The molecule has 3 aromatic rings. The van der Waals surface area contributed by atoms with E-state index in [9.17, 15) is 14.4 Å². The second kappa shape index (κ2) is 13.7. The molecule has 2 N–H and O–H groups in total. The molecule has 0 aliphatic carbocycles. The second-order valence-electron chi connectivity index (χ2n) is 10.8. The summed E-state index contributed by atoms with van der Waals surface area (Å²) in [5, 5.41) is 12.6. The van der Waals surface area contributed by atoms with E-state index in [0.717, 1.165) is 35.5 Å². The third-order valence-electron chi connectivity index (χ3n) is 7.16. The van der Waals surface area contributed by atoms with Crippen molar-refractivity contribution in [3.63, 3.8) is 0 Å². The van der Waals surface area contributed by atoms with Crippen molar-refractivity contribution in [2.24, 2.45) is 4.99 Å². The highest BCUT2D eigenvalue weighted by molar-refractivity contribution is 6.31. The Balaban J connectivity index is 1.64. The number of nitrogens with zero attached hydrogens (tertiary/aromatic N) is 4. The van der Waals surface area contributed by atoms with Crippen molar-refractivity contribution in [1.29, 1.82) is 0 Å². The molecule has 0 radical (unpaired) electrons. The minimum atomic E-state index is -0.876. The molecule has 10 heteroatoms. The van der Waals surface area contributed by atoms with Crippen LogP contribution in [0.3, 0.4) is 0 Å². The van der Waals surface area contributed by atoms with Crippen LogP contribution in [-0.4, -0.2) is 86.2 Å². The molecule has 4 rings (SSSR count). The van der Waals surface area contributed by atoms with Gasteiger partial charge in [-0.25, -0.2) is 0 Å². The van der Waals surface area contributed by atoms with Crippen LogP contribution in [0.4, 0.5) is 17.1 Å². The molecule has 0 saturated carbocycles. The second-order valence-corrected chi connectivity index (χ2v) is 11.2. The fraction of sp³-hybridized carbons (Fsp3) is 0.312. The third-order valence-corrected chi connectivity index (χ3v) is 7.40. The number of benzene rings is 3. The van der Waals surface area contributed by atoms with Crippen molar-refractivity contribution in [2.75, 3.05) is 58.0 Å². The predicted octanol–water partition coefficient (Wildman–Crippen LogP) is 4.67. The van der Waals surface area contributed by atoms with Crippen LogP contribution in [0.1, 0.15) is 29.0 Å². The number of likely N-dealkylation sites (N-methyl/N-ethyl adjacent to an activating group) is 3. The Bertz CT molecular complexity index is 1490. The van der Waals surface area contributed by atoms with Crippen molar-refractivity contribution < 1.29 is 19.5 Å². The summed E-state index contributed by atoms with van der Waals surface area (Å²) >= 11 is 6.18. The number of amides is 2. The number of rotatable bonds is 12. The highest BCUT2D eigenvalue weighted by atomic mass is 35.5. The number of hydrogen-bond acceptors (Lipinski definition) is 6. The molecular formula is C32H36ClN5O4. The van der Waals surface area contributed by atoms with Crippen molar-refractivity contribution in [1.82, 2.24) is 9.80 Å². The Morgan fingerprint density at radius 3 is 2.40 bits per heavy atom. The summed E-state index contributed by atoms with van der Waals surface area (Å²) < 4.78 is 0. The van der Waals surface area contributed by atoms with Gasteiger partial charge in [-0.2, -0.15) is 0 Å². The van der Waals surface area contributed by atoms with Gasteiger partial charge in [0.2, 0.25) is 11.8 Å². The van der Waals surface area contributed by atoms with Crippen LogP contribution < -0.4 is 10.2 Å². The molecule has 220 valence electrons. The van der Waals surface area contributed by atoms with Crippen LogP contribution in [0.25, 0.3) is 0 Å². The summed E-state index contributed by atoms with van der Waals surface area (Å²) in [5.74, 6) is -1.81. The molecule has 9 nitrogen and oxygen atoms in total. The molecule has 0 aromatic heterocycles. The lowest BCUT2D eigenvalue weighted by molar-refractivity contribution is -0.137. The molecule has 1 aliphatic rings. The zero-order chi connectivity index (χ0) is 30.4. The predicted molar refractivity (Wildman–Crippen MR) is 167 cm³/mol. The van der Waals surface area contributed by atoms with Gasteiger partial charge in [-0.05, 0) is 86.7 Å². The molecule has 0 saturated heterocycles. The molecule has 42 heavy (non-hydrogen) atoms. The van der Waals surface area contributed by atoms with E-state index in [0.29, 0.717) is 35.1 Å². The third kappa shape index (κ3) is 7.82. The van der Waals surface area contributed by atoms with Gasteiger partial charge in [0.25, 0.3) is 0 Å². The first-order valence-electron chi connectivity index (χ1n) is 13.7. The van der Waals surface area contributed by atoms with Crippen molar-refractivity contribution >= 4 is 52.2 Å². The number of anilines is 2. The molecule has 0 spiro atoms. The van der Waals surface area contributed by atoms with E-state index in [1.165, 1.54) is 0 Å². The minimum absolute atomic E-state index is 0.000318. The molecular weight excluding hydrogens is 554 g/mol. The molecule has 1 unspecified atom stereocenters. The van der Waals surface area contributed by atoms with Gasteiger partial charge in [-0.3, -0.25) is 24.3 Å². The van der Waals surface area contributed by atoms with Crippen molar-refractivity contribution in [3.05, 3.63) is 88.4 Å². The summed E-state index contributed by atoms with van der Waals surface area (Å²) in [6, 6.07) is 20.1. The number of fused-ring (bicyclic) bond motifs is 1. The molecule has 1 heterocycles. The van der Waals surface area contributed by atoms with Gasteiger partial charge in [-0.1, -0.05) is 35.9 Å². The monoisotopic (exact) mass is 589 g/mol. The summed E-state index contributed by atoms with van der Waals surface area (Å²) in [4.78, 5) is 47.9. The van der Waals surface area contributed by atoms with Gasteiger partial charge in [0.15, 0.2) is 0 Å². The lowest BCUT2D eigenvalue weighted by Gasteiger charge is -2.23. The maximum atomic E-state index is 13.3. The van der Waals surface area contributed by atoms with E-state index in [1.807, 2.05) is 80.6 Å². The Morgan fingerprint density at radius 2 is 1.71 bits per heavy atom. The number of carboxylic acid groups (broad SMARTS) is 1. The average Bonchev–Trinajstić information content (AvgIpc) is 3.28. The molecule has 1 aliphatic heterocycles. The summed E-state index contributed by atoms with van der Waals surface area (Å²) in [7, 11) is 7.68. The molecule has 0 bridgehead atoms. The van der Waals surface area contributed by atoms with Crippen LogP contribution in [0, 0.1) is 0 Å². The standard InChI is InChI=1S/C32H36ClN5O4/c1-36(2)16-17-37(3)20-28(39)38(4)25-12-10-24(11-13-25)34-31(22-7-5-6-21(18-22)8-15-29(40)41)30-26-14-9-23(33)19-27(26)35-32(30)42/h5-7,9-14,18-19,30H,8,15-17,20H2,1-4H3,(H,35,42)(H,40,41). The quantitative estimate of drug-likeness (QED) is 0.298. The number of nitrogens with one attached hydrogen (secondary N) is 1. The van der Waals surface area contributed by atoms with Gasteiger partial charge in [0.1, 0.15) is 5.92 Å². The zero-order valence-electron chi connectivity index (χ0n) is 24.3. The van der Waals surface area contributed by atoms with Crippen LogP contribution in [0.2, 0.25) is 5.02 Å². The molecule has 3 aromatic carbocycles. The first-order valence-corrected chi connectivity index (χ1v) is 14.1. The highest BCUT2D eigenvalue weighted by Crippen LogP contribution is 2.38. The highest BCUT2D eigenvalue weighted by Gasteiger charge is 2.35. The Labute approximate surface area is 251 Å². The lowest BCUT2D eigenvalue weighted by Crippen LogP contribution is -2.39. The van der Waals surface area contributed by atoms with Crippen LogP contribution in [-0.2, 0) is 20.8 Å². The number of aliphatic imine (C=N–C) groups is 1. The Morgan fingerprint density at radius 1 is 0.976 bits per heavy atom. The van der Waals surface area contributed by atoms with E-state index in [2.05, 4.69) is 10.2 Å². The Kier molecular flexibility index (Phi) is 10.1. The zero-order valence-corrected chi connectivity index (χ0v) is 25.1. The van der Waals surface area contributed by atoms with Crippen LogP contribution in [0.5, 0.6) is 0 Å². The van der Waals surface area contributed by atoms with Gasteiger partial charge >= 0.3 is 5.97 Å². The number of carboxylic acids is 1. The number of carbonyl (C=O) groups excluding carboxylic acids is 2. The maximum absolute atomic E-state index is 13.3. The van der Waals surface area contributed by atoms with E-state index < -0.39 is 11.9 Å². The minimum Gasteiger partial charge on any atom is -0.481 e. The fourth-order valence-electron chi connectivity index (χ4n) is 4.76. The fourth-order valence-corrected chi connectivity index (χ4v) is 4.93.